The molecule has 8 nitrogen and oxygen atoms in total. The quantitative estimate of drug-likeness (QED) is 0.208. The first-order valence-corrected chi connectivity index (χ1v) is 13.5. The van der Waals surface area contributed by atoms with Crippen molar-refractivity contribution in [3.63, 3.8) is 0 Å². The molecule has 0 spiro atoms. The first kappa shape index (κ1) is 26.1. The minimum atomic E-state index is -4.01. The van der Waals surface area contributed by atoms with E-state index >= 15 is 0 Å². The summed E-state index contributed by atoms with van der Waals surface area (Å²) >= 11 is 7.08. The van der Waals surface area contributed by atoms with Crippen LogP contribution in [-0.4, -0.2) is 32.7 Å². The Balaban J connectivity index is 1.51. The van der Waals surface area contributed by atoms with Crippen molar-refractivity contribution < 1.29 is 27.5 Å². The fourth-order valence-corrected chi connectivity index (χ4v) is 5.12. The van der Waals surface area contributed by atoms with Crippen molar-refractivity contribution in [1.29, 1.82) is 0 Å². The van der Waals surface area contributed by atoms with Crippen molar-refractivity contribution in [2.45, 2.75) is 4.90 Å². The summed E-state index contributed by atoms with van der Waals surface area (Å²) in [5, 5.41) is 4.75. The van der Waals surface area contributed by atoms with Gasteiger partial charge in [-0.15, -0.1) is 11.3 Å². The minimum Gasteiger partial charge on any atom is -0.454 e. The van der Waals surface area contributed by atoms with Crippen molar-refractivity contribution >= 4 is 62.0 Å². The van der Waals surface area contributed by atoms with E-state index in [1.54, 1.807) is 41.8 Å². The smallest absolute Gasteiger partial charge is 0.340 e. The van der Waals surface area contributed by atoms with Gasteiger partial charge >= 0.3 is 5.97 Å². The molecule has 0 saturated heterocycles. The van der Waals surface area contributed by atoms with Crippen LogP contribution in [0.1, 0.15) is 30.4 Å². The van der Waals surface area contributed by atoms with E-state index in [0.29, 0.717) is 9.90 Å². The van der Waals surface area contributed by atoms with E-state index in [0.717, 1.165) is 0 Å². The van der Waals surface area contributed by atoms with Gasteiger partial charge in [-0.3, -0.25) is 14.3 Å². The Kier molecular flexibility index (Phi) is 8.02. The van der Waals surface area contributed by atoms with Gasteiger partial charge in [0, 0.05) is 5.02 Å². The van der Waals surface area contributed by atoms with E-state index in [-0.39, 0.29) is 33.2 Å². The maximum Gasteiger partial charge on any atom is 0.340 e. The number of carbonyl (C=O) groups excluding carboxylic acids is 3. The number of nitrogens with one attached hydrogen (secondary N) is 2. The Hall–Kier alpha value is -3.99. The highest BCUT2D eigenvalue weighted by Crippen LogP contribution is 2.24. The van der Waals surface area contributed by atoms with Crippen molar-refractivity contribution in [2.24, 2.45) is 0 Å². The summed E-state index contributed by atoms with van der Waals surface area (Å²) in [5.74, 6) is -1.80. The molecule has 1 amide bonds. The number of hydrogen-bond donors (Lipinski definition) is 2. The lowest BCUT2D eigenvalue weighted by Gasteiger charge is -2.14. The number of rotatable bonds is 9. The number of amides is 1. The summed E-state index contributed by atoms with van der Waals surface area (Å²) in [6, 6.07) is 21.1. The van der Waals surface area contributed by atoms with Gasteiger partial charge in [-0.2, -0.15) is 0 Å². The van der Waals surface area contributed by atoms with Crippen LogP contribution in [0.5, 0.6) is 0 Å². The van der Waals surface area contributed by atoms with Crippen LogP contribution in [0, 0.1) is 0 Å². The van der Waals surface area contributed by atoms with Crippen LogP contribution >= 0.6 is 22.9 Å². The molecule has 0 aliphatic heterocycles. The van der Waals surface area contributed by atoms with E-state index in [9.17, 15) is 22.8 Å². The van der Waals surface area contributed by atoms with Crippen molar-refractivity contribution in [3.8, 4) is 0 Å². The number of esters is 1. The second-order valence-corrected chi connectivity index (χ2v) is 10.6. The average Bonchev–Trinajstić information content (AvgIpc) is 3.43. The lowest BCUT2D eigenvalue weighted by atomic mass is 10.1. The third kappa shape index (κ3) is 6.42. The Morgan fingerprint density at radius 2 is 1.46 bits per heavy atom. The molecule has 2 N–H and O–H groups in total. The number of halogens is 1. The normalized spacial score (nSPS) is 10.9. The average molecular weight is 555 g/mol. The second-order valence-electron chi connectivity index (χ2n) is 7.58. The Morgan fingerprint density at radius 3 is 2.14 bits per heavy atom. The lowest BCUT2D eigenvalue weighted by molar-refractivity contribution is 0.0477. The molecule has 0 radical (unpaired) electrons. The largest absolute Gasteiger partial charge is 0.454 e. The van der Waals surface area contributed by atoms with E-state index in [1.165, 1.54) is 59.9 Å². The van der Waals surface area contributed by atoms with Gasteiger partial charge < -0.3 is 10.1 Å². The molecule has 188 valence electrons. The number of sulfonamides is 1. The van der Waals surface area contributed by atoms with Crippen LogP contribution in [0.3, 0.4) is 0 Å². The fourth-order valence-electron chi connectivity index (χ4n) is 3.26. The Morgan fingerprint density at radius 1 is 0.811 bits per heavy atom. The highest BCUT2D eigenvalue weighted by atomic mass is 35.5. The van der Waals surface area contributed by atoms with Gasteiger partial charge in [-0.1, -0.05) is 41.9 Å². The predicted octanol–water partition coefficient (Wildman–Crippen LogP) is 5.49. The van der Waals surface area contributed by atoms with E-state index < -0.39 is 28.5 Å². The monoisotopic (exact) mass is 554 g/mol. The third-order valence-electron chi connectivity index (χ3n) is 5.07. The first-order valence-electron chi connectivity index (χ1n) is 10.8. The van der Waals surface area contributed by atoms with Gasteiger partial charge in [0.05, 0.1) is 32.3 Å². The first-order chi connectivity index (χ1) is 17.7. The molecule has 4 aromatic rings. The van der Waals surface area contributed by atoms with Gasteiger partial charge in [-0.25, -0.2) is 13.2 Å². The van der Waals surface area contributed by atoms with Gasteiger partial charge in [0.1, 0.15) is 0 Å². The Bertz CT molecular complexity index is 1550. The Labute approximate surface area is 221 Å². The highest BCUT2D eigenvalue weighted by Gasteiger charge is 2.21. The van der Waals surface area contributed by atoms with Crippen LogP contribution in [0.15, 0.2) is 95.2 Å². The van der Waals surface area contributed by atoms with E-state index in [2.05, 4.69) is 10.0 Å². The standard InChI is InChI=1S/C26H19ClN2O6S2/c27-17-11-13-18(14-12-17)37(33,34)29-22-9-4-1-6-19(22)25(31)28-21-8-3-2-7-20(21)26(32)35-16-23(30)24-10-5-15-36-24/h1-15,29H,16H2,(H,28,31). The zero-order valence-electron chi connectivity index (χ0n) is 19.0. The van der Waals surface area contributed by atoms with Crippen molar-refractivity contribution in [2.75, 3.05) is 16.6 Å². The van der Waals surface area contributed by atoms with Gasteiger partial charge in [0.2, 0.25) is 5.78 Å². The molecule has 0 saturated carbocycles. The molecular weight excluding hydrogens is 536 g/mol. The molecule has 0 atom stereocenters. The zero-order valence-corrected chi connectivity index (χ0v) is 21.4. The van der Waals surface area contributed by atoms with Crippen LogP contribution in [0.25, 0.3) is 0 Å². The molecule has 0 unspecified atom stereocenters. The molecule has 3 aromatic carbocycles. The molecule has 0 aliphatic rings. The van der Waals surface area contributed by atoms with Gasteiger partial charge in [-0.05, 0) is 60.0 Å². The zero-order chi connectivity index (χ0) is 26.4. The number of ether oxygens (including phenoxy) is 1. The number of anilines is 2. The SMILES string of the molecule is O=C(COC(=O)c1ccccc1NC(=O)c1ccccc1NS(=O)(=O)c1ccc(Cl)cc1)c1cccs1. The fraction of sp³-hybridized carbons (Fsp3) is 0.0385. The molecular formula is C26H19ClN2O6S2. The molecule has 0 bridgehead atoms. The molecule has 37 heavy (non-hydrogen) atoms. The number of Topliss-reactive ketones (excluding diaryl/α,β-unsaturated/α-hetero) is 1. The highest BCUT2D eigenvalue weighted by molar-refractivity contribution is 7.92. The second kappa shape index (κ2) is 11.4. The van der Waals surface area contributed by atoms with Gasteiger partial charge in [0.25, 0.3) is 15.9 Å². The topological polar surface area (TPSA) is 119 Å². The summed E-state index contributed by atoms with van der Waals surface area (Å²) in [6.07, 6.45) is 0. The van der Waals surface area contributed by atoms with Crippen LogP contribution in [-0.2, 0) is 14.8 Å². The van der Waals surface area contributed by atoms with Crippen LogP contribution < -0.4 is 10.0 Å². The summed E-state index contributed by atoms with van der Waals surface area (Å²) in [4.78, 5) is 38.4. The molecule has 0 fully saturated rings. The summed E-state index contributed by atoms with van der Waals surface area (Å²) in [7, 11) is -4.01. The number of benzene rings is 3. The number of hydrogen-bond acceptors (Lipinski definition) is 7. The third-order valence-corrected chi connectivity index (χ3v) is 7.61. The number of ketones is 1. The van der Waals surface area contributed by atoms with Crippen LogP contribution in [0.4, 0.5) is 11.4 Å². The molecule has 4 rings (SSSR count). The van der Waals surface area contributed by atoms with Crippen molar-refractivity contribution in [3.05, 3.63) is 111 Å². The molecule has 1 heterocycles. The summed E-state index contributed by atoms with van der Waals surface area (Å²) in [5.41, 5.74) is 0.234. The number of carbonyl (C=O) groups is 3. The lowest BCUT2D eigenvalue weighted by Crippen LogP contribution is -2.20. The predicted molar refractivity (Wildman–Crippen MR) is 142 cm³/mol. The maximum atomic E-state index is 13.1. The van der Waals surface area contributed by atoms with Gasteiger partial charge in [0.15, 0.2) is 6.61 Å². The minimum absolute atomic E-state index is 0.0242. The summed E-state index contributed by atoms with van der Waals surface area (Å²) in [6.45, 7) is -0.447. The number of thiophene rings is 1. The van der Waals surface area contributed by atoms with Crippen molar-refractivity contribution in [1.82, 2.24) is 0 Å². The maximum absolute atomic E-state index is 13.1. The number of para-hydroxylation sites is 2. The van der Waals surface area contributed by atoms with E-state index in [1.807, 2.05) is 0 Å². The molecule has 11 heteroatoms. The molecule has 0 aliphatic carbocycles. The molecule has 1 aromatic heterocycles. The van der Waals surface area contributed by atoms with Crippen LogP contribution in [0.2, 0.25) is 5.02 Å². The van der Waals surface area contributed by atoms with E-state index in [4.69, 9.17) is 16.3 Å². The summed E-state index contributed by atoms with van der Waals surface area (Å²) < 4.78 is 33.2.